The van der Waals surface area contributed by atoms with Crippen LogP contribution in [0.25, 0.3) is 0 Å². The van der Waals surface area contributed by atoms with E-state index in [1.807, 2.05) is 11.9 Å². The van der Waals surface area contributed by atoms with Crippen LogP contribution in [-0.4, -0.2) is 48.9 Å². The monoisotopic (exact) mass is 471 g/mol. The third-order valence-corrected chi connectivity index (χ3v) is 3.52. The highest BCUT2D eigenvalue weighted by atomic mass is 127. The summed E-state index contributed by atoms with van der Waals surface area (Å²) in [5.74, 6) is 0.280. The van der Waals surface area contributed by atoms with Crippen molar-refractivity contribution in [2.45, 2.75) is 6.54 Å². The SMILES string of the molecule is CN=C(NCCNC(=O)c1cccnc1)N(C)Cc1ccc(F)cc1.I. The third-order valence-electron chi connectivity index (χ3n) is 3.52. The molecular weight excluding hydrogens is 448 g/mol. The Morgan fingerprint density at radius 2 is 1.88 bits per heavy atom. The fraction of sp³-hybridized carbons (Fsp3) is 0.278. The minimum atomic E-state index is -0.252. The van der Waals surface area contributed by atoms with E-state index < -0.39 is 0 Å². The number of pyridine rings is 1. The van der Waals surface area contributed by atoms with E-state index in [9.17, 15) is 9.18 Å². The average molecular weight is 471 g/mol. The Morgan fingerprint density at radius 3 is 2.50 bits per heavy atom. The molecule has 140 valence electrons. The summed E-state index contributed by atoms with van der Waals surface area (Å²) in [6.07, 6.45) is 3.15. The molecule has 0 aliphatic carbocycles. The van der Waals surface area contributed by atoms with Gasteiger partial charge in [0.25, 0.3) is 5.91 Å². The normalized spacial score (nSPS) is 10.7. The van der Waals surface area contributed by atoms with Gasteiger partial charge in [0.15, 0.2) is 5.96 Å². The molecule has 0 fully saturated rings. The van der Waals surface area contributed by atoms with E-state index in [1.165, 1.54) is 18.3 Å². The maximum Gasteiger partial charge on any atom is 0.252 e. The van der Waals surface area contributed by atoms with Gasteiger partial charge in [-0.1, -0.05) is 12.1 Å². The van der Waals surface area contributed by atoms with Crippen LogP contribution < -0.4 is 10.6 Å². The van der Waals surface area contributed by atoms with Gasteiger partial charge in [-0.25, -0.2) is 4.39 Å². The Kier molecular flexibility index (Phi) is 9.56. The van der Waals surface area contributed by atoms with E-state index in [0.29, 0.717) is 31.2 Å². The second kappa shape index (κ2) is 11.4. The molecule has 0 bridgehead atoms. The van der Waals surface area contributed by atoms with Crippen molar-refractivity contribution in [1.82, 2.24) is 20.5 Å². The zero-order valence-electron chi connectivity index (χ0n) is 14.8. The molecule has 8 heteroatoms. The van der Waals surface area contributed by atoms with Crippen LogP contribution in [0.4, 0.5) is 4.39 Å². The molecule has 0 aliphatic rings. The second-order valence-electron chi connectivity index (χ2n) is 5.45. The van der Waals surface area contributed by atoms with Crippen LogP contribution in [0, 0.1) is 5.82 Å². The highest BCUT2D eigenvalue weighted by Crippen LogP contribution is 2.05. The van der Waals surface area contributed by atoms with Crippen LogP contribution >= 0.6 is 24.0 Å². The molecule has 0 aliphatic heterocycles. The van der Waals surface area contributed by atoms with Crippen LogP contribution in [-0.2, 0) is 6.54 Å². The second-order valence-corrected chi connectivity index (χ2v) is 5.45. The molecule has 2 aromatic rings. The Labute approximate surface area is 169 Å². The summed E-state index contributed by atoms with van der Waals surface area (Å²) in [6.45, 7) is 1.59. The number of rotatable bonds is 6. The fourth-order valence-corrected chi connectivity index (χ4v) is 2.27. The molecule has 26 heavy (non-hydrogen) atoms. The van der Waals surface area contributed by atoms with Gasteiger partial charge in [-0.05, 0) is 29.8 Å². The Balaban J connectivity index is 0.00000338. The number of amides is 1. The molecule has 0 saturated heterocycles. The summed E-state index contributed by atoms with van der Waals surface area (Å²) < 4.78 is 13.0. The standard InChI is InChI=1S/C18H22FN5O.HI/c1-20-18(24(2)13-14-5-7-16(19)8-6-14)23-11-10-22-17(25)15-4-3-9-21-12-15;/h3-9,12H,10-11,13H2,1-2H3,(H,20,23)(H,22,25);1H. The van der Waals surface area contributed by atoms with Crippen molar-refractivity contribution in [3.63, 3.8) is 0 Å². The number of carbonyl (C=O) groups excluding carboxylic acids is 1. The van der Waals surface area contributed by atoms with Crippen molar-refractivity contribution in [2.75, 3.05) is 27.2 Å². The predicted octanol–water partition coefficient (Wildman–Crippen LogP) is 2.28. The largest absolute Gasteiger partial charge is 0.354 e. The van der Waals surface area contributed by atoms with Crippen molar-refractivity contribution in [2.24, 2.45) is 4.99 Å². The zero-order chi connectivity index (χ0) is 18.1. The summed E-state index contributed by atoms with van der Waals surface area (Å²) in [6, 6.07) is 9.80. The zero-order valence-corrected chi connectivity index (χ0v) is 17.1. The van der Waals surface area contributed by atoms with Crippen molar-refractivity contribution in [3.8, 4) is 0 Å². The number of aromatic nitrogens is 1. The van der Waals surface area contributed by atoms with E-state index in [2.05, 4.69) is 20.6 Å². The summed E-state index contributed by atoms with van der Waals surface area (Å²) in [4.78, 5) is 22.0. The number of benzene rings is 1. The minimum absolute atomic E-state index is 0. The first kappa shape index (κ1) is 21.8. The summed E-state index contributed by atoms with van der Waals surface area (Å²) in [7, 11) is 3.59. The predicted molar refractivity (Wildman–Crippen MR) is 111 cm³/mol. The number of guanidine groups is 1. The fourth-order valence-electron chi connectivity index (χ4n) is 2.27. The van der Waals surface area contributed by atoms with Gasteiger partial charge in [-0.2, -0.15) is 0 Å². The molecule has 1 amide bonds. The molecule has 6 nitrogen and oxygen atoms in total. The maximum atomic E-state index is 13.0. The number of carbonyl (C=O) groups is 1. The number of nitrogens with one attached hydrogen (secondary N) is 2. The molecule has 0 spiro atoms. The van der Waals surface area contributed by atoms with Crippen LogP contribution in [0.1, 0.15) is 15.9 Å². The van der Waals surface area contributed by atoms with E-state index in [1.54, 1.807) is 37.5 Å². The Hall–Kier alpha value is -2.23. The molecule has 0 atom stereocenters. The van der Waals surface area contributed by atoms with E-state index >= 15 is 0 Å². The average Bonchev–Trinajstić information content (AvgIpc) is 2.64. The smallest absolute Gasteiger partial charge is 0.252 e. The van der Waals surface area contributed by atoms with Crippen molar-refractivity contribution < 1.29 is 9.18 Å². The number of hydrogen-bond donors (Lipinski definition) is 2. The van der Waals surface area contributed by atoms with Gasteiger partial charge in [0.05, 0.1) is 5.56 Å². The lowest BCUT2D eigenvalue weighted by molar-refractivity contribution is 0.0954. The number of aliphatic imine (C=N–C) groups is 1. The van der Waals surface area contributed by atoms with Gasteiger partial charge in [0, 0.05) is 46.1 Å². The molecule has 2 N–H and O–H groups in total. The van der Waals surface area contributed by atoms with E-state index in [0.717, 1.165) is 5.56 Å². The van der Waals surface area contributed by atoms with Crippen molar-refractivity contribution >= 4 is 35.8 Å². The quantitative estimate of drug-likeness (QED) is 0.294. The first-order chi connectivity index (χ1) is 12.1. The first-order valence-corrected chi connectivity index (χ1v) is 7.94. The minimum Gasteiger partial charge on any atom is -0.354 e. The van der Waals surface area contributed by atoms with Crippen LogP contribution in [0.3, 0.4) is 0 Å². The van der Waals surface area contributed by atoms with Crippen molar-refractivity contribution in [1.29, 1.82) is 0 Å². The summed E-state index contributed by atoms with van der Waals surface area (Å²) in [5.41, 5.74) is 1.51. The Morgan fingerprint density at radius 1 is 1.19 bits per heavy atom. The molecule has 0 saturated carbocycles. The molecule has 1 heterocycles. The topological polar surface area (TPSA) is 69.6 Å². The van der Waals surface area contributed by atoms with Crippen molar-refractivity contribution in [3.05, 3.63) is 65.7 Å². The molecule has 0 unspecified atom stereocenters. The number of nitrogens with zero attached hydrogens (tertiary/aromatic N) is 3. The van der Waals surface area contributed by atoms with E-state index in [4.69, 9.17) is 0 Å². The van der Waals surface area contributed by atoms with Gasteiger partial charge < -0.3 is 15.5 Å². The molecular formula is C18H23FIN5O. The lowest BCUT2D eigenvalue weighted by Gasteiger charge is -2.22. The van der Waals surface area contributed by atoms with E-state index in [-0.39, 0.29) is 35.7 Å². The number of halogens is 2. The molecule has 1 aromatic carbocycles. The van der Waals surface area contributed by atoms with Gasteiger partial charge in [-0.15, -0.1) is 24.0 Å². The molecule has 0 radical (unpaired) electrons. The summed E-state index contributed by atoms with van der Waals surface area (Å²) in [5, 5.41) is 6.00. The van der Waals surface area contributed by atoms with Gasteiger partial charge in [0.2, 0.25) is 0 Å². The number of hydrogen-bond acceptors (Lipinski definition) is 3. The summed E-state index contributed by atoms with van der Waals surface area (Å²) >= 11 is 0. The lowest BCUT2D eigenvalue weighted by Crippen LogP contribution is -2.42. The first-order valence-electron chi connectivity index (χ1n) is 7.94. The lowest BCUT2D eigenvalue weighted by atomic mass is 10.2. The molecule has 2 rings (SSSR count). The molecule has 1 aromatic heterocycles. The van der Waals surface area contributed by atoms with Gasteiger partial charge >= 0.3 is 0 Å². The van der Waals surface area contributed by atoms with Crippen LogP contribution in [0.5, 0.6) is 0 Å². The maximum absolute atomic E-state index is 13.0. The van der Waals surface area contributed by atoms with Gasteiger partial charge in [0.1, 0.15) is 5.82 Å². The highest BCUT2D eigenvalue weighted by molar-refractivity contribution is 14.0. The van der Waals surface area contributed by atoms with Crippen LogP contribution in [0.15, 0.2) is 53.8 Å². The third kappa shape index (κ3) is 6.95. The highest BCUT2D eigenvalue weighted by Gasteiger charge is 2.07. The Bertz CT molecular complexity index is 709. The van der Waals surface area contributed by atoms with Gasteiger partial charge in [-0.3, -0.25) is 14.8 Å². The van der Waals surface area contributed by atoms with Crippen LogP contribution in [0.2, 0.25) is 0 Å².